The molecule has 0 amide bonds. The molecule has 2 heterocycles. The molecule has 12 heavy (non-hydrogen) atoms. The lowest BCUT2D eigenvalue weighted by Gasteiger charge is -1.94. The molecule has 0 atom stereocenters. The SMILES string of the molecule is O=Cc1ccn2c(Cl)ncc2c1. The molecule has 0 unspecified atom stereocenters. The number of aromatic nitrogens is 2. The van der Waals surface area contributed by atoms with Crippen molar-refractivity contribution in [3.05, 3.63) is 35.4 Å². The smallest absolute Gasteiger partial charge is 0.207 e. The molecular weight excluding hydrogens is 176 g/mol. The van der Waals surface area contributed by atoms with Crippen LogP contribution in [0.4, 0.5) is 0 Å². The molecule has 2 aromatic rings. The summed E-state index contributed by atoms with van der Waals surface area (Å²) in [7, 11) is 0. The molecule has 2 rings (SSSR count). The van der Waals surface area contributed by atoms with Gasteiger partial charge in [-0.3, -0.25) is 9.20 Å². The number of aldehydes is 1. The Hall–Kier alpha value is -1.35. The zero-order valence-corrected chi connectivity index (χ0v) is 6.82. The van der Waals surface area contributed by atoms with Crippen LogP contribution in [0.15, 0.2) is 24.5 Å². The minimum atomic E-state index is 0.405. The molecule has 0 saturated heterocycles. The van der Waals surface area contributed by atoms with Crippen molar-refractivity contribution >= 4 is 23.4 Å². The Morgan fingerprint density at radius 1 is 1.58 bits per heavy atom. The van der Waals surface area contributed by atoms with E-state index < -0.39 is 0 Å². The van der Waals surface area contributed by atoms with Crippen LogP contribution in [-0.4, -0.2) is 15.7 Å². The lowest BCUT2D eigenvalue weighted by molar-refractivity contribution is 0.112. The molecular formula is C8H5ClN2O. The van der Waals surface area contributed by atoms with Crippen LogP contribution >= 0.6 is 11.6 Å². The lowest BCUT2D eigenvalue weighted by atomic mass is 10.3. The highest BCUT2D eigenvalue weighted by Crippen LogP contribution is 2.11. The molecule has 0 N–H and O–H groups in total. The van der Waals surface area contributed by atoms with Gasteiger partial charge in [0.25, 0.3) is 0 Å². The molecule has 3 nitrogen and oxygen atoms in total. The monoisotopic (exact) mass is 180 g/mol. The van der Waals surface area contributed by atoms with E-state index in [1.54, 1.807) is 28.9 Å². The topological polar surface area (TPSA) is 34.4 Å². The summed E-state index contributed by atoms with van der Waals surface area (Å²) in [5, 5.41) is 0.405. The summed E-state index contributed by atoms with van der Waals surface area (Å²) in [6.45, 7) is 0. The van der Waals surface area contributed by atoms with Gasteiger partial charge in [0, 0.05) is 11.8 Å². The first-order chi connectivity index (χ1) is 5.81. The first-order valence-corrected chi connectivity index (χ1v) is 3.77. The second-order valence-electron chi connectivity index (χ2n) is 2.40. The van der Waals surface area contributed by atoms with Crippen molar-refractivity contribution in [1.29, 1.82) is 0 Å². The predicted molar refractivity (Wildman–Crippen MR) is 45.6 cm³/mol. The summed E-state index contributed by atoms with van der Waals surface area (Å²) in [5.41, 5.74) is 1.45. The maximum atomic E-state index is 10.4. The van der Waals surface area contributed by atoms with Crippen LogP contribution in [0.3, 0.4) is 0 Å². The molecule has 0 aliphatic carbocycles. The molecule has 0 saturated carbocycles. The molecule has 0 radical (unpaired) electrons. The van der Waals surface area contributed by atoms with Gasteiger partial charge < -0.3 is 0 Å². The van der Waals surface area contributed by atoms with E-state index in [1.807, 2.05) is 0 Å². The molecule has 0 spiro atoms. The van der Waals surface area contributed by atoms with E-state index in [2.05, 4.69) is 4.98 Å². The summed E-state index contributed by atoms with van der Waals surface area (Å²) in [4.78, 5) is 14.3. The lowest BCUT2D eigenvalue weighted by Crippen LogP contribution is -1.86. The Labute approximate surface area is 73.6 Å². The zero-order chi connectivity index (χ0) is 8.55. The number of carbonyl (C=O) groups is 1. The van der Waals surface area contributed by atoms with Crippen molar-refractivity contribution in [1.82, 2.24) is 9.38 Å². The highest BCUT2D eigenvalue weighted by Gasteiger charge is 1.99. The number of imidazole rings is 1. The third kappa shape index (κ3) is 0.987. The van der Waals surface area contributed by atoms with Gasteiger partial charge in [-0.1, -0.05) is 0 Å². The van der Waals surface area contributed by atoms with Crippen LogP contribution < -0.4 is 0 Å². The third-order valence-corrected chi connectivity index (χ3v) is 1.93. The zero-order valence-electron chi connectivity index (χ0n) is 6.07. The van der Waals surface area contributed by atoms with Gasteiger partial charge in [0.05, 0.1) is 11.7 Å². The minimum absolute atomic E-state index is 0.405. The molecule has 4 heteroatoms. The average molecular weight is 181 g/mol. The average Bonchev–Trinajstić information content (AvgIpc) is 2.47. The summed E-state index contributed by atoms with van der Waals surface area (Å²) in [6.07, 6.45) is 4.13. The van der Waals surface area contributed by atoms with Crippen molar-refractivity contribution in [3.8, 4) is 0 Å². The van der Waals surface area contributed by atoms with Gasteiger partial charge in [-0.25, -0.2) is 4.98 Å². The van der Waals surface area contributed by atoms with Crippen LogP contribution in [0, 0.1) is 0 Å². The van der Waals surface area contributed by atoms with Gasteiger partial charge in [-0.05, 0) is 23.7 Å². The molecule has 0 aliphatic heterocycles. The number of rotatable bonds is 1. The summed E-state index contributed by atoms with van der Waals surface area (Å²) in [6, 6.07) is 3.42. The van der Waals surface area contributed by atoms with Crippen LogP contribution in [0.25, 0.3) is 5.52 Å². The maximum absolute atomic E-state index is 10.4. The largest absolute Gasteiger partial charge is 0.298 e. The summed E-state index contributed by atoms with van der Waals surface area (Å²) >= 11 is 5.73. The normalized spacial score (nSPS) is 10.4. The number of carbonyl (C=O) groups excluding carboxylic acids is 1. The van der Waals surface area contributed by atoms with E-state index in [0.717, 1.165) is 11.8 Å². The fraction of sp³-hybridized carbons (Fsp3) is 0. The molecule has 0 fully saturated rings. The quantitative estimate of drug-likeness (QED) is 0.628. The van der Waals surface area contributed by atoms with Crippen molar-refractivity contribution in [2.24, 2.45) is 0 Å². The van der Waals surface area contributed by atoms with Crippen molar-refractivity contribution in [2.75, 3.05) is 0 Å². The van der Waals surface area contributed by atoms with Gasteiger partial charge in [-0.2, -0.15) is 0 Å². The van der Waals surface area contributed by atoms with Crippen molar-refractivity contribution in [2.45, 2.75) is 0 Å². The highest BCUT2D eigenvalue weighted by molar-refractivity contribution is 6.28. The standard InChI is InChI=1S/C8H5ClN2O/c9-8-10-4-7-3-6(5-12)1-2-11(7)8/h1-5H. The van der Waals surface area contributed by atoms with Gasteiger partial charge in [-0.15, -0.1) is 0 Å². The molecule has 60 valence electrons. The van der Waals surface area contributed by atoms with E-state index in [4.69, 9.17) is 11.6 Å². The van der Waals surface area contributed by atoms with Gasteiger partial charge >= 0.3 is 0 Å². The molecule has 2 aromatic heterocycles. The van der Waals surface area contributed by atoms with E-state index in [-0.39, 0.29) is 0 Å². The first kappa shape index (κ1) is 7.31. The summed E-state index contributed by atoms with van der Waals surface area (Å²) in [5.74, 6) is 0. The van der Waals surface area contributed by atoms with Crippen molar-refractivity contribution in [3.63, 3.8) is 0 Å². The van der Waals surface area contributed by atoms with Crippen LogP contribution in [0.2, 0.25) is 5.28 Å². The molecule has 0 aromatic carbocycles. The third-order valence-electron chi connectivity index (χ3n) is 1.65. The number of nitrogens with zero attached hydrogens (tertiary/aromatic N) is 2. The second kappa shape index (κ2) is 2.60. The van der Waals surface area contributed by atoms with Crippen LogP contribution in [0.5, 0.6) is 0 Å². The van der Waals surface area contributed by atoms with Gasteiger partial charge in [0.2, 0.25) is 5.28 Å². The Kier molecular flexibility index (Phi) is 1.59. The van der Waals surface area contributed by atoms with Crippen LogP contribution in [-0.2, 0) is 0 Å². The van der Waals surface area contributed by atoms with E-state index in [0.29, 0.717) is 10.8 Å². The first-order valence-electron chi connectivity index (χ1n) is 3.39. The Morgan fingerprint density at radius 2 is 2.42 bits per heavy atom. The molecule has 0 aliphatic rings. The number of halogens is 1. The van der Waals surface area contributed by atoms with Gasteiger partial charge in [0.15, 0.2) is 0 Å². The van der Waals surface area contributed by atoms with Crippen LogP contribution in [0.1, 0.15) is 10.4 Å². The Bertz CT molecular complexity index is 436. The fourth-order valence-electron chi connectivity index (χ4n) is 1.06. The summed E-state index contributed by atoms with van der Waals surface area (Å²) < 4.78 is 1.70. The second-order valence-corrected chi connectivity index (χ2v) is 2.74. The number of pyridine rings is 1. The van der Waals surface area contributed by atoms with E-state index in [1.165, 1.54) is 0 Å². The predicted octanol–water partition coefficient (Wildman–Crippen LogP) is 1.80. The number of fused-ring (bicyclic) bond motifs is 1. The Morgan fingerprint density at radius 3 is 3.17 bits per heavy atom. The van der Waals surface area contributed by atoms with Gasteiger partial charge in [0.1, 0.15) is 6.29 Å². The number of hydrogen-bond donors (Lipinski definition) is 0. The Balaban J connectivity index is 2.77. The fourth-order valence-corrected chi connectivity index (χ4v) is 1.26. The van der Waals surface area contributed by atoms with Crippen molar-refractivity contribution < 1.29 is 4.79 Å². The van der Waals surface area contributed by atoms with E-state index in [9.17, 15) is 4.79 Å². The highest BCUT2D eigenvalue weighted by atomic mass is 35.5. The number of hydrogen-bond acceptors (Lipinski definition) is 2. The minimum Gasteiger partial charge on any atom is -0.298 e. The maximum Gasteiger partial charge on any atom is 0.207 e. The van der Waals surface area contributed by atoms with E-state index >= 15 is 0 Å². The molecule has 0 bridgehead atoms.